The molecule has 2 aliphatic heterocycles. The number of halogens is 2. The number of thioether (sulfide) groups is 1. The van der Waals surface area contributed by atoms with Crippen LogP contribution in [0.2, 0.25) is 5.02 Å². The first-order chi connectivity index (χ1) is 13.9. The third-order valence-corrected chi connectivity index (χ3v) is 5.93. The van der Waals surface area contributed by atoms with Crippen LogP contribution < -0.4 is 0 Å². The van der Waals surface area contributed by atoms with E-state index in [0.717, 1.165) is 29.5 Å². The van der Waals surface area contributed by atoms with Crippen molar-refractivity contribution in [3.05, 3.63) is 51.8 Å². The number of imide groups is 1. The molecule has 6 nitrogen and oxygen atoms in total. The van der Waals surface area contributed by atoms with Gasteiger partial charge in [0.2, 0.25) is 5.91 Å². The normalized spacial score (nSPS) is 18.3. The van der Waals surface area contributed by atoms with Gasteiger partial charge in [-0.3, -0.25) is 19.3 Å². The number of carbonyl (C=O) groups excluding carboxylic acids is 3. The van der Waals surface area contributed by atoms with Crippen LogP contribution in [-0.4, -0.2) is 46.5 Å². The molecule has 0 saturated carbocycles. The van der Waals surface area contributed by atoms with Crippen LogP contribution >= 0.6 is 23.4 Å². The molecule has 3 heterocycles. The molecule has 2 aromatic rings. The van der Waals surface area contributed by atoms with Gasteiger partial charge in [-0.1, -0.05) is 11.6 Å². The SMILES string of the molecule is O=C(CN1C(=O)S/C(=C\c2ccc(-c3ccc(F)c(Cl)c3)o2)C1=O)N1CCCC1. The van der Waals surface area contributed by atoms with Crippen molar-refractivity contribution in [3.63, 3.8) is 0 Å². The molecule has 0 unspecified atom stereocenters. The number of hydrogen-bond acceptors (Lipinski definition) is 5. The maximum atomic E-state index is 13.3. The molecule has 2 saturated heterocycles. The van der Waals surface area contributed by atoms with Crippen molar-refractivity contribution in [3.8, 4) is 11.3 Å². The molecule has 0 radical (unpaired) electrons. The van der Waals surface area contributed by atoms with Gasteiger partial charge in [0.25, 0.3) is 11.1 Å². The summed E-state index contributed by atoms with van der Waals surface area (Å²) in [6, 6.07) is 7.51. The Kier molecular flexibility index (Phi) is 5.47. The molecule has 2 aliphatic rings. The Bertz CT molecular complexity index is 1030. The molecule has 0 bridgehead atoms. The van der Waals surface area contributed by atoms with Gasteiger partial charge in [-0.15, -0.1) is 0 Å². The molecule has 4 rings (SSSR count). The van der Waals surface area contributed by atoms with Gasteiger partial charge in [0.05, 0.1) is 9.93 Å². The molecule has 150 valence electrons. The maximum absolute atomic E-state index is 13.3. The Labute approximate surface area is 175 Å². The Morgan fingerprint density at radius 2 is 1.97 bits per heavy atom. The van der Waals surface area contributed by atoms with E-state index in [0.29, 0.717) is 30.2 Å². The summed E-state index contributed by atoms with van der Waals surface area (Å²) in [5.74, 6) is -0.465. The third-order valence-electron chi connectivity index (χ3n) is 4.73. The summed E-state index contributed by atoms with van der Waals surface area (Å²) >= 11 is 6.56. The zero-order valence-corrected chi connectivity index (χ0v) is 16.8. The molecule has 29 heavy (non-hydrogen) atoms. The summed E-state index contributed by atoms with van der Waals surface area (Å²) in [4.78, 5) is 39.9. The molecular weight excluding hydrogens is 419 g/mol. The van der Waals surface area contributed by atoms with E-state index in [1.54, 1.807) is 17.0 Å². The predicted octanol–water partition coefficient (Wildman–Crippen LogP) is 4.40. The smallest absolute Gasteiger partial charge is 0.294 e. The molecule has 0 N–H and O–H groups in total. The molecule has 1 aromatic carbocycles. The lowest BCUT2D eigenvalue weighted by molar-refractivity contribution is -0.135. The van der Waals surface area contributed by atoms with Gasteiger partial charge >= 0.3 is 0 Å². The number of likely N-dealkylation sites (tertiary alicyclic amines) is 1. The van der Waals surface area contributed by atoms with E-state index < -0.39 is 17.0 Å². The highest BCUT2D eigenvalue weighted by atomic mass is 35.5. The highest BCUT2D eigenvalue weighted by molar-refractivity contribution is 8.18. The molecule has 9 heteroatoms. The lowest BCUT2D eigenvalue weighted by atomic mass is 10.2. The van der Waals surface area contributed by atoms with E-state index in [1.807, 2.05) is 0 Å². The van der Waals surface area contributed by atoms with Gasteiger partial charge in [0, 0.05) is 24.7 Å². The minimum absolute atomic E-state index is 0.0239. The number of benzene rings is 1. The average Bonchev–Trinajstić information content (AvgIpc) is 3.43. The second kappa shape index (κ2) is 8.04. The first-order valence-electron chi connectivity index (χ1n) is 9.01. The number of rotatable bonds is 4. The number of nitrogens with zero attached hydrogens (tertiary/aromatic N) is 2. The zero-order chi connectivity index (χ0) is 20.5. The molecular formula is C20H16ClFN2O4S. The lowest BCUT2D eigenvalue weighted by Gasteiger charge is -2.18. The van der Waals surface area contributed by atoms with Crippen LogP contribution in [0.25, 0.3) is 17.4 Å². The third kappa shape index (κ3) is 4.09. The number of amides is 3. The Morgan fingerprint density at radius 3 is 2.69 bits per heavy atom. The second-order valence-corrected chi connectivity index (χ2v) is 8.09. The van der Waals surface area contributed by atoms with E-state index in [4.69, 9.17) is 16.0 Å². The summed E-state index contributed by atoms with van der Waals surface area (Å²) in [5, 5.41) is -0.505. The highest BCUT2D eigenvalue weighted by Crippen LogP contribution is 2.34. The summed E-state index contributed by atoms with van der Waals surface area (Å²) in [5.41, 5.74) is 0.584. The van der Waals surface area contributed by atoms with Crippen molar-refractivity contribution >= 4 is 46.5 Å². The van der Waals surface area contributed by atoms with Crippen molar-refractivity contribution < 1.29 is 23.2 Å². The lowest BCUT2D eigenvalue weighted by Crippen LogP contribution is -2.40. The van der Waals surface area contributed by atoms with Crippen molar-refractivity contribution in [2.45, 2.75) is 12.8 Å². The predicted molar refractivity (Wildman–Crippen MR) is 108 cm³/mol. The molecule has 0 aliphatic carbocycles. The van der Waals surface area contributed by atoms with Crippen LogP contribution in [-0.2, 0) is 9.59 Å². The van der Waals surface area contributed by atoms with Crippen molar-refractivity contribution in [1.82, 2.24) is 9.80 Å². The Balaban J connectivity index is 1.49. The summed E-state index contributed by atoms with van der Waals surface area (Å²) < 4.78 is 19.0. The van der Waals surface area contributed by atoms with Gasteiger partial charge in [0.1, 0.15) is 23.9 Å². The zero-order valence-electron chi connectivity index (χ0n) is 15.2. The summed E-state index contributed by atoms with van der Waals surface area (Å²) in [6.45, 7) is 1.07. The maximum Gasteiger partial charge on any atom is 0.294 e. The molecule has 1 aromatic heterocycles. The fourth-order valence-corrected chi connectivity index (χ4v) is 4.20. The van der Waals surface area contributed by atoms with Gasteiger partial charge in [-0.2, -0.15) is 0 Å². The number of hydrogen-bond donors (Lipinski definition) is 0. The van der Waals surface area contributed by atoms with Crippen LogP contribution in [0.4, 0.5) is 9.18 Å². The second-order valence-electron chi connectivity index (χ2n) is 6.69. The monoisotopic (exact) mass is 434 g/mol. The Hall–Kier alpha value is -2.58. The average molecular weight is 435 g/mol. The van der Waals surface area contributed by atoms with Gasteiger partial charge < -0.3 is 9.32 Å². The summed E-state index contributed by atoms with van der Waals surface area (Å²) in [6.07, 6.45) is 3.33. The first kappa shape index (κ1) is 19.7. The van der Waals surface area contributed by atoms with E-state index >= 15 is 0 Å². The van der Waals surface area contributed by atoms with E-state index in [9.17, 15) is 18.8 Å². The van der Waals surface area contributed by atoms with Crippen LogP contribution in [0.5, 0.6) is 0 Å². The van der Waals surface area contributed by atoms with Crippen LogP contribution in [0, 0.1) is 5.82 Å². The summed E-state index contributed by atoms with van der Waals surface area (Å²) in [7, 11) is 0. The van der Waals surface area contributed by atoms with Crippen molar-refractivity contribution in [1.29, 1.82) is 0 Å². The molecule has 0 spiro atoms. The molecule has 0 atom stereocenters. The van der Waals surface area contributed by atoms with Gasteiger partial charge in [-0.05, 0) is 54.9 Å². The van der Waals surface area contributed by atoms with Crippen LogP contribution in [0.1, 0.15) is 18.6 Å². The van der Waals surface area contributed by atoms with E-state index in [2.05, 4.69) is 0 Å². The fraction of sp³-hybridized carbons (Fsp3) is 0.250. The molecule has 2 fully saturated rings. The number of furan rings is 1. The minimum Gasteiger partial charge on any atom is -0.457 e. The van der Waals surface area contributed by atoms with Crippen molar-refractivity contribution in [2.24, 2.45) is 0 Å². The van der Waals surface area contributed by atoms with Crippen molar-refractivity contribution in [2.75, 3.05) is 19.6 Å². The Morgan fingerprint density at radius 1 is 1.21 bits per heavy atom. The van der Waals surface area contributed by atoms with Gasteiger partial charge in [-0.25, -0.2) is 4.39 Å². The van der Waals surface area contributed by atoms with E-state index in [-0.39, 0.29) is 22.4 Å². The quantitative estimate of drug-likeness (QED) is 0.667. The molecule has 3 amide bonds. The first-order valence-corrected chi connectivity index (χ1v) is 10.2. The highest BCUT2D eigenvalue weighted by Gasteiger charge is 2.37. The topological polar surface area (TPSA) is 70.8 Å². The fourth-order valence-electron chi connectivity index (χ4n) is 3.20. The minimum atomic E-state index is -0.528. The van der Waals surface area contributed by atoms with Crippen LogP contribution in [0.3, 0.4) is 0 Å². The van der Waals surface area contributed by atoms with Gasteiger partial charge in [0.15, 0.2) is 0 Å². The number of carbonyl (C=O) groups is 3. The standard InChI is InChI=1S/C20H16ClFN2O4S/c21-14-9-12(3-5-15(14)22)16-6-4-13(28-16)10-17-19(26)24(20(27)29-17)11-18(25)23-7-1-2-8-23/h3-6,9-10H,1-2,7-8,11H2/b17-10-. The largest absolute Gasteiger partial charge is 0.457 e. The van der Waals surface area contributed by atoms with Crippen LogP contribution in [0.15, 0.2) is 39.7 Å². The van der Waals surface area contributed by atoms with E-state index in [1.165, 1.54) is 24.3 Å².